The molecule has 2 aromatic rings. The molecular weight excluding hydrogens is 328 g/mol. The summed E-state index contributed by atoms with van der Waals surface area (Å²) in [6.45, 7) is 3.20. The molecule has 126 valence electrons. The maximum Gasteiger partial charge on any atom is 0.258 e. The molecule has 24 heavy (non-hydrogen) atoms. The van der Waals surface area contributed by atoms with E-state index in [-0.39, 0.29) is 24.5 Å². The highest BCUT2D eigenvalue weighted by atomic mass is 35.5. The Hall–Kier alpha value is -2.53. The molecule has 0 aliphatic heterocycles. The molecule has 0 radical (unpaired) electrons. The first-order valence-corrected chi connectivity index (χ1v) is 7.87. The first kappa shape index (κ1) is 17.8. The molecule has 0 aromatic heterocycles. The van der Waals surface area contributed by atoms with Gasteiger partial charge in [0, 0.05) is 17.6 Å². The fourth-order valence-corrected chi connectivity index (χ4v) is 2.47. The quantitative estimate of drug-likeness (QED) is 0.840. The highest BCUT2D eigenvalue weighted by molar-refractivity contribution is 6.31. The molecule has 0 saturated heterocycles. The van der Waals surface area contributed by atoms with E-state index in [2.05, 4.69) is 10.6 Å². The Kier molecular flexibility index (Phi) is 6.21. The summed E-state index contributed by atoms with van der Waals surface area (Å²) in [6, 6.07) is 14.0. The molecule has 6 heteroatoms. The summed E-state index contributed by atoms with van der Waals surface area (Å²) in [4.78, 5) is 22.9. The number of halogens is 1. The van der Waals surface area contributed by atoms with Gasteiger partial charge in [-0.25, -0.2) is 0 Å². The summed E-state index contributed by atoms with van der Waals surface area (Å²) in [5.74, 6) is 0.162. The maximum atomic E-state index is 12.0. The van der Waals surface area contributed by atoms with E-state index in [4.69, 9.17) is 16.3 Å². The van der Waals surface area contributed by atoms with Gasteiger partial charge in [-0.3, -0.25) is 9.59 Å². The van der Waals surface area contributed by atoms with Gasteiger partial charge in [-0.15, -0.1) is 0 Å². The molecule has 0 aliphatic carbocycles. The number of ether oxygens (including phenoxy) is 1. The largest absolute Gasteiger partial charge is 0.484 e. The van der Waals surface area contributed by atoms with Crippen LogP contribution in [0.15, 0.2) is 48.5 Å². The van der Waals surface area contributed by atoms with Crippen LogP contribution in [-0.2, 0) is 9.59 Å². The standard InChI is InChI=1S/C18H19ClN2O3/c1-12(16-5-3-4-6-17(16)19)20-18(23)11-24-15-9-7-14(8-10-15)21-13(2)22/h3-10,12H,11H2,1-2H3,(H,20,23)(H,21,22)/t12-/m0/s1. The molecule has 0 unspecified atom stereocenters. The molecule has 0 bridgehead atoms. The van der Waals surface area contributed by atoms with Gasteiger partial charge in [0.15, 0.2) is 6.61 Å². The van der Waals surface area contributed by atoms with E-state index >= 15 is 0 Å². The van der Waals surface area contributed by atoms with E-state index in [9.17, 15) is 9.59 Å². The Morgan fingerprint density at radius 1 is 1.12 bits per heavy atom. The first-order valence-electron chi connectivity index (χ1n) is 7.50. The third-order valence-electron chi connectivity index (χ3n) is 3.29. The predicted octanol–water partition coefficient (Wildman–Crippen LogP) is 3.55. The Morgan fingerprint density at radius 2 is 1.79 bits per heavy atom. The number of nitrogens with one attached hydrogen (secondary N) is 2. The molecule has 1 atom stereocenters. The number of hydrogen-bond acceptors (Lipinski definition) is 3. The van der Waals surface area contributed by atoms with Crippen LogP contribution in [0.2, 0.25) is 5.02 Å². The Balaban J connectivity index is 1.84. The second-order valence-electron chi connectivity index (χ2n) is 5.30. The third kappa shape index (κ3) is 5.28. The Labute approximate surface area is 146 Å². The minimum atomic E-state index is -0.242. The third-order valence-corrected chi connectivity index (χ3v) is 3.64. The van der Waals surface area contributed by atoms with Crippen LogP contribution in [0.25, 0.3) is 0 Å². The van der Waals surface area contributed by atoms with Crippen molar-refractivity contribution in [2.24, 2.45) is 0 Å². The van der Waals surface area contributed by atoms with Gasteiger partial charge in [0.1, 0.15) is 5.75 Å². The summed E-state index contributed by atoms with van der Waals surface area (Å²) in [5, 5.41) is 6.11. The molecule has 2 N–H and O–H groups in total. The van der Waals surface area contributed by atoms with E-state index in [0.717, 1.165) is 5.56 Å². The maximum absolute atomic E-state index is 12.0. The van der Waals surface area contributed by atoms with Crippen LogP contribution in [0.1, 0.15) is 25.5 Å². The van der Waals surface area contributed by atoms with Gasteiger partial charge in [-0.1, -0.05) is 29.8 Å². The van der Waals surface area contributed by atoms with Crippen molar-refractivity contribution in [2.45, 2.75) is 19.9 Å². The molecule has 2 amide bonds. The molecule has 0 spiro atoms. The van der Waals surface area contributed by atoms with E-state index in [1.165, 1.54) is 6.92 Å². The van der Waals surface area contributed by atoms with Crippen molar-refractivity contribution in [1.82, 2.24) is 5.32 Å². The number of benzene rings is 2. The second-order valence-corrected chi connectivity index (χ2v) is 5.71. The van der Waals surface area contributed by atoms with Gasteiger partial charge in [0.25, 0.3) is 5.91 Å². The Bertz CT molecular complexity index is 716. The van der Waals surface area contributed by atoms with Crippen molar-refractivity contribution in [2.75, 3.05) is 11.9 Å². The van der Waals surface area contributed by atoms with E-state index in [1.807, 2.05) is 25.1 Å². The van der Waals surface area contributed by atoms with Crippen molar-refractivity contribution in [3.63, 3.8) is 0 Å². The van der Waals surface area contributed by atoms with Crippen LogP contribution in [0.3, 0.4) is 0 Å². The lowest BCUT2D eigenvalue weighted by atomic mass is 10.1. The zero-order chi connectivity index (χ0) is 17.5. The lowest BCUT2D eigenvalue weighted by molar-refractivity contribution is -0.123. The van der Waals surface area contributed by atoms with Gasteiger partial charge in [-0.2, -0.15) is 0 Å². The number of rotatable bonds is 6. The fraction of sp³-hybridized carbons (Fsp3) is 0.222. The zero-order valence-corrected chi connectivity index (χ0v) is 14.3. The molecule has 2 rings (SSSR count). The van der Waals surface area contributed by atoms with E-state index in [1.54, 1.807) is 30.3 Å². The van der Waals surface area contributed by atoms with Gasteiger partial charge in [-0.05, 0) is 42.8 Å². The summed E-state index contributed by atoms with van der Waals surface area (Å²) in [5.41, 5.74) is 1.53. The molecule has 0 heterocycles. The minimum absolute atomic E-state index is 0.103. The van der Waals surface area contributed by atoms with Crippen LogP contribution in [0, 0.1) is 0 Å². The van der Waals surface area contributed by atoms with E-state index < -0.39 is 0 Å². The monoisotopic (exact) mass is 346 g/mol. The van der Waals surface area contributed by atoms with Gasteiger partial charge in [0.05, 0.1) is 6.04 Å². The lowest BCUT2D eigenvalue weighted by Crippen LogP contribution is -2.31. The van der Waals surface area contributed by atoms with Crippen LogP contribution < -0.4 is 15.4 Å². The van der Waals surface area contributed by atoms with Crippen LogP contribution in [-0.4, -0.2) is 18.4 Å². The second kappa shape index (κ2) is 8.36. The lowest BCUT2D eigenvalue weighted by Gasteiger charge is -2.16. The van der Waals surface area contributed by atoms with Gasteiger partial charge >= 0.3 is 0 Å². The predicted molar refractivity (Wildman–Crippen MR) is 94.3 cm³/mol. The zero-order valence-electron chi connectivity index (χ0n) is 13.5. The molecule has 2 aromatic carbocycles. The van der Waals surface area contributed by atoms with Crippen molar-refractivity contribution < 1.29 is 14.3 Å². The number of carbonyl (C=O) groups excluding carboxylic acids is 2. The van der Waals surface area contributed by atoms with E-state index in [0.29, 0.717) is 16.5 Å². The molecule has 5 nitrogen and oxygen atoms in total. The van der Waals surface area contributed by atoms with Crippen LogP contribution in [0.4, 0.5) is 5.69 Å². The summed E-state index contributed by atoms with van der Waals surface area (Å²) < 4.78 is 5.44. The number of amides is 2. The number of carbonyl (C=O) groups is 2. The topological polar surface area (TPSA) is 67.4 Å². The number of hydrogen-bond donors (Lipinski definition) is 2. The molecular formula is C18H19ClN2O3. The average Bonchev–Trinajstić information content (AvgIpc) is 2.54. The summed E-state index contributed by atoms with van der Waals surface area (Å²) in [7, 11) is 0. The Morgan fingerprint density at radius 3 is 2.42 bits per heavy atom. The van der Waals surface area contributed by atoms with Crippen LogP contribution in [0.5, 0.6) is 5.75 Å². The molecule has 0 saturated carbocycles. The van der Waals surface area contributed by atoms with Crippen molar-refractivity contribution in [3.05, 3.63) is 59.1 Å². The van der Waals surface area contributed by atoms with Gasteiger partial charge in [0.2, 0.25) is 5.91 Å². The van der Waals surface area contributed by atoms with Crippen molar-refractivity contribution in [1.29, 1.82) is 0 Å². The fourth-order valence-electron chi connectivity index (χ4n) is 2.17. The smallest absolute Gasteiger partial charge is 0.258 e. The summed E-state index contributed by atoms with van der Waals surface area (Å²) >= 11 is 6.11. The van der Waals surface area contributed by atoms with Gasteiger partial charge < -0.3 is 15.4 Å². The normalized spacial score (nSPS) is 11.5. The minimum Gasteiger partial charge on any atom is -0.484 e. The first-order chi connectivity index (χ1) is 11.5. The summed E-state index contributed by atoms with van der Waals surface area (Å²) in [6.07, 6.45) is 0. The average molecular weight is 347 g/mol. The molecule has 0 aliphatic rings. The number of anilines is 1. The highest BCUT2D eigenvalue weighted by Gasteiger charge is 2.12. The molecule has 0 fully saturated rings. The van der Waals surface area contributed by atoms with Crippen molar-refractivity contribution in [3.8, 4) is 5.75 Å². The SMILES string of the molecule is CC(=O)Nc1ccc(OCC(=O)N[C@@H](C)c2ccccc2Cl)cc1. The van der Waals surface area contributed by atoms with Crippen LogP contribution >= 0.6 is 11.6 Å². The van der Waals surface area contributed by atoms with Crippen molar-refractivity contribution >= 4 is 29.1 Å². The highest BCUT2D eigenvalue weighted by Crippen LogP contribution is 2.22.